The van der Waals surface area contributed by atoms with Crippen LogP contribution >= 0.6 is 0 Å². The standard InChI is InChI=1S/C58H46N2/c1-57(2)49-28-14-13-27-47(49)48-36-34-44(38-51(48)57)59(43-25-17-24-42(37-43)39-19-7-5-8-20-39)53-31-18-32-54-55(53)58(3,4)50-29-15-16-30-52(50)60(54)56-45-26-12-11-23-41(45)33-35-46(56)40-21-9-6-10-22-40/h5-38H,1-4H3. The van der Waals surface area contributed by atoms with Gasteiger partial charge in [0.25, 0.3) is 0 Å². The summed E-state index contributed by atoms with van der Waals surface area (Å²) < 4.78 is 0. The van der Waals surface area contributed by atoms with Gasteiger partial charge in [-0.3, -0.25) is 0 Å². The van der Waals surface area contributed by atoms with Crippen molar-refractivity contribution in [2.45, 2.75) is 38.5 Å². The number of hydrogen-bond donors (Lipinski definition) is 0. The van der Waals surface area contributed by atoms with E-state index in [1.807, 2.05) is 0 Å². The molecule has 0 aromatic heterocycles. The van der Waals surface area contributed by atoms with Crippen molar-refractivity contribution in [3.63, 3.8) is 0 Å². The second-order valence-electron chi connectivity index (χ2n) is 17.3. The zero-order valence-corrected chi connectivity index (χ0v) is 34.5. The van der Waals surface area contributed by atoms with Gasteiger partial charge in [-0.2, -0.15) is 0 Å². The Morgan fingerprint density at radius 1 is 0.383 bits per heavy atom. The summed E-state index contributed by atoms with van der Waals surface area (Å²) in [6.45, 7) is 9.57. The lowest BCUT2D eigenvalue weighted by molar-refractivity contribution is 0.632. The summed E-state index contributed by atoms with van der Waals surface area (Å²) in [7, 11) is 0. The van der Waals surface area contributed by atoms with Gasteiger partial charge in [-0.1, -0.05) is 191 Å². The molecule has 1 aliphatic carbocycles. The summed E-state index contributed by atoms with van der Waals surface area (Å²) in [5.74, 6) is 0. The molecule has 1 heterocycles. The number of benzene rings is 9. The van der Waals surface area contributed by atoms with Crippen LogP contribution in [0.2, 0.25) is 0 Å². The molecule has 0 amide bonds. The number of rotatable bonds is 6. The highest BCUT2D eigenvalue weighted by atomic mass is 15.2. The molecule has 0 fully saturated rings. The van der Waals surface area contributed by atoms with Gasteiger partial charge >= 0.3 is 0 Å². The maximum Gasteiger partial charge on any atom is 0.0618 e. The smallest absolute Gasteiger partial charge is 0.0618 e. The molecule has 9 aromatic rings. The van der Waals surface area contributed by atoms with Crippen molar-refractivity contribution >= 4 is 44.9 Å². The molecule has 0 radical (unpaired) electrons. The van der Waals surface area contributed by atoms with Crippen molar-refractivity contribution in [2.24, 2.45) is 0 Å². The second-order valence-corrected chi connectivity index (χ2v) is 17.3. The Hall–Kier alpha value is -7.16. The van der Waals surface area contributed by atoms with Gasteiger partial charge in [-0.15, -0.1) is 0 Å². The fourth-order valence-electron chi connectivity index (χ4n) is 10.3. The molecule has 288 valence electrons. The minimum atomic E-state index is -0.363. The summed E-state index contributed by atoms with van der Waals surface area (Å²) in [6, 6.07) is 76.2. The summed E-state index contributed by atoms with van der Waals surface area (Å²) in [6.07, 6.45) is 0. The quantitative estimate of drug-likeness (QED) is 0.166. The molecule has 60 heavy (non-hydrogen) atoms. The lowest BCUT2D eigenvalue weighted by atomic mass is 9.72. The van der Waals surface area contributed by atoms with Gasteiger partial charge in [-0.05, 0) is 92.4 Å². The second kappa shape index (κ2) is 13.7. The highest BCUT2D eigenvalue weighted by Gasteiger charge is 2.42. The molecule has 11 rings (SSSR count). The Balaban J connectivity index is 1.21. The van der Waals surface area contributed by atoms with E-state index in [9.17, 15) is 0 Å². The molecule has 0 atom stereocenters. The Morgan fingerprint density at radius 2 is 0.983 bits per heavy atom. The summed E-state index contributed by atoms with van der Waals surface area (Å²) in [5, 5.41) is 2.44. The molecule has 1 aliphatic heterocycles. The molecule has 9 aromatic carbocycles. The maximum absolute atomic E-state index is 2.56. The number of para-hydroxylation sites is 1. The number of nitrogens with zero attached hydrogens (tertiary/aromatic N) is 2. The van der Waals surface area contributed by atoms with Gasteiger partial charge in [0, 0.05) is 38.7 Å². The maximum atomic E-state index is 2.56. The topological polar surface area (TPSA) is 6.48 Å². The van der Waals surface area contributed by atoms with E-state index in [1.165, 1.54) is 83.5 Å². The fraction of sp³-hybridized carbons (Fsp3) is 0.103. The molecule has 0 unspecified atom stereocenters. The first-order chi connectivity index (χ1) is 29.3. The fourth-order valence-corrected chi connectivity index (χ4v) is 10.3. The van der Waals surface area contributed by atoms with Crippen LogP contribution in [0, 0.1) is 0 Å². The van der Waals surface area contributed by atoms with Gasteiger partial charge < -0.3 is 9.80 Å². The van der Waals surface area contributed by atoms with Gasteiger partial charge in [0.15, 0.2) is 0 Å². The lowest BCUT2D eigenvalue weighted by Crippen LogP contribution is -2.32. The van der Waals surface area contributed by atoms with Gasteiger partial charge in [-0.25, -0.2) is 0 Å². The van der Waals surface area contributed by atoms with Crippen LogP contribution in [-0.2, 0) is 10.8 Å². The molecular weight excluding hydrogens is 725 g/mol. The number of anilines is 6. The third-order valence-electron chi connectivity index (χ3n) is 13.2. The van der Waals surface area contributed by atoms with E-state index in [0.717, 1.165) is 17.1 Å². The molecule has 0 bridgehead atoms. The molecule has 0 N–H and O–H groups in total. The van der Waals surface area contributed by atoms with E-state index in [4.69, 9.17) is 0 Å². The molecule has 0 spiro atoms. The number of fused-ring (bicyclic) bond motifs is 6. The van der Waals surface area contributed by atoms with E-state index in [1.54, 1.807) is 0 Å². The monoisotopic (exact) mass is 770 g/mol. The van der Waals surface area contributed by atoms with Crippen LogP contribution in [0.4, 0.5) is 34.1 Å². The lowest BCUT2D eigenvalue weighted by Gasteiger charge is -2.45. The normalized spacial score (nSPS) is 14.2. The van der Waals surface area contributed by atoms with Crippen LogP contribution < -0.4 is 9.80 Å². The predicted octanol–water partition coefficient (Wildman–Crippen LogP) is 16.1. The first kappa shape index (κ1) is 36.0. The van der Waals surface area contributed by atoms with E-state index in [2.05, 4.69) is 244 Å². The van der Waals surface area contributed by atoms with Crippen molar-refractivity contribution in [3.05, 3.63) is 229 Å². The van der Waals surface area contributed by atoms with Gasteiger partial charge in [0.1, 0.15) is 0 Å². The zero-order chi connectivity index (χ0) is 40.6. The molecular formula is C58H46N2. The van der Waals surface area contributed by atoms with Crippen LogP contribution in [0.25, 0.3) is 44.2 Å². The largest absolute Gasteiger partial charge is 0.310 e. The Bertz CT molecular complexity index is 3100. The minimum absolute atomic E-state index is 0.146. The van der Waals surface area contributed by atoms with E-state index in [0.29, 0.717) is 0 Å². The Morgan fingerprint density at radius 3 is 1.80 bits per heavy atom. The highest BCUT2D eigenvalue weighted by Crippen LogP contribution is 2.59. The molecule has 2 nitrogen and oxygen atoms in total. The molecule has 0 saturated carbocycles. The molecule has 0 saturated heterocycles. The highest BCUT2D eigenvalue weighted by molar-refractivity contribution is 6.08. The minimum Gasteiger partial charge on any atom is -0.310 e. The average molecular weight is 771 g/mol. The molecule has 2 heteroatoms. The predicted molar refractivity (Wildman–Crippen MR) is 254 cm³/mol. The van der Waals surface area contributed by atoms with Crippen LogP contribution in [0.3, 0.4) is 0 Å². The van der Waals surface area contributed by atoms with E-state index in [-0.39, 0.29) is 10.8 Å². The third kappa shape index (κ3) is 5.48. The van der Waals surface area contributed by atoms with Crippen molar-refractivity contribution in [2.75, 3.05) is 9.80 Å². The van der Waals surface area contributed by atoms with Crippen LogP contribution in [0.1, 0.15) is 49.9 Å². The average Bonchev–Trinajstić information content (AvgIpc) is 3.52. The summed E-state index contributed by atoms with van der Waals surface area (Å²) in [5.41, 5.74) is 19.2. The third-order valence-corrected chi connectivity index (χ3v) is 13.2. The molecule has 2 aliphatic rings. The first-order valence-electron chi connectivity index (χ1n) is 21.1. The zero-order valence-electron chi connectivity index (χ0n) is 34.5. The van der Waals surface area contributed by atoms with E-state index < -0.39 is 0 Å². The van der Waals surface area contributed by atoms with Gasteiger partial charge in [0.05, 0.1) is 22.7 Å². The van der Waals surface area contributed by atoms with Crippen molar-refractivity contribution in [3.8, 4) is 33.4 Å². The Kier molecular flexibility index (Phi) is 8.22. The van der Waals surface area contributed by atoms with Crippen LogP contribution in [0.5, 0.6) is 0 Å². The summed E-state index contributed by atoms with van der Waals surface area (Å²) >= 11 is 0. The van der Waals surface area contributed by atoms with E-state index >= 15 is 0 Å². The number of hydrogen-bond acceptors (Lipinski definition) is 2. The van der Waals surface area contributed by atoms with Crippen molar-refractivity contribution in [1.82, 2.24) is 0 Å². The van der Waals surface area contributed by atoms with Gasteiger partial charge in [0.2, 0.25) is 0 Å². The van der Waals surface area contributed by atoms with Crippen molar-refractivity contribution < 1.29 is 0 Å². The first-order valence-corrected chi connectivity index (χ1v) is 21.1. The van der Waals surface area contributed by atoms with Crippen LogP contribution in [-0.4, -0.2) is 0 Å². The Labute approximate surface area is 353 Å². The van der Waals surface area contributed by atoms with Crippen molar-refractivity contribution in [1.29, 1.82) is 0 Å². The SMILES string of the molecule is CC1(C)c2ccccc2-c2ccc(N(c3cccc(-c4ccccc4)c3)c3cccc4c3C(C)(C)c3ccccc3N4c3c(-c4ccccc4)ccc4ccccc34)cc21. The summed E-state index contributed by atoms with van der Waals surface area (Å²) in [4.78, 5) is 5.09. The van der Waals surface area contributed by atoms with Crippen LogP contribution in [0.15, 0.2) is 206 Å².